The zero-order chi connectivity index (χ0) is 22.3. The number of aliphatic hydroxyl groups is 1. The largest absolute Gasteiger partial charge is 0.545 e. The number of allylic oxidation sites excluding steroid dienone is 1. The molecule has 1 atom stereocenters. The highest BCUT2D eigenvalue weighted by Gasteiger charge is 2.12. The number of hydrogen-bond donors (Lipinski definition) is 2. The minimum absolute atomic E-state index is 0.0153. The van der Waals surface area contributed by atoms with E-state index in [-0.39, 0.29) is 12.1 Å². The lowest BCUT2D eigenvalue weighted by Crippen LogP contribution is -2.42. The predicted octanol–water partition coefficient (Wildman–Crippen LogP) is -0.116. The minimum atomic E-state index is -1.55. The average Bonchev–Trinajstić information content (AvgIpc) is 2.64. The van der Waals surface area contributed by atoms with Crippen molar-refractivity contribution in [3.63, 3.8) is 0 Å². The Labute approximate surface area is 171 Å². The molecule has 2 N–H and O–H groups in total. The topological polar surface area (TPSA) is 134 Å². The molecule has 0 saturated carbocycles. The Morgan fingerprint density at radius 2 is 1.69 bits per heavy atom. The lowest BCUT2D eigenvalue weighted by Gasteiger charge is -2.22. The van der Waals surface area contributed by atoms with Gasteiger partial charge in [0.1, 0.15) is 12.7 Å². The van der Waals surface area contributed by atoms with Gasteiger partial charge in [0.15, 0.2) is 0 Å². The molecular weight excluding hydrogens is 376 g/mol. The molecule has 8 nitrogen and oxygen atoms in total. The highest BCUT2D eigenvalue weighted by Crippen LogP contribution is 2.02. The summed E-state index contributed by atoms with van der Waals surface area (Å²) >= 11 is 0. The van der Waals surface area contributed by atoms with Crippen molar-refractivity contribution in [2.75, 3.05) is 13.2 Å². The Hall–Kier alpha value is -2.97. The molecule has 1 aromatic rings. The van der Waals surface area contributed by atoms with Crippen LogP contribution < -0.4 is 15.5 Å². The van der Waals surface area contributed by atoms with E-state index in [9.17, 15) is 24.9 Å². The fourth-order valence-electron chi connectivity index (χ4n) is 1.66. The monoisotopic (exact) mass is 404 g/mol. The van der Waals surface area contributed by atoms with Gasteiger partial charge in [-0.3, -0.25) is 0 Å². The number of oxime groups is 1. The van der Waals surface area contributed by atoms with E-state index in [1.54, 1.807) is 0 Å². The molecule has 1 aromatic carbocycles. The summed E-state index contributed by atoms with van der Waals surface area (Å²) in [5.74, 6) is -3.09. The van der Waals surface area contributed by atoms with E-state index in [4.69, 9.17) is 4.84 Å². The maximum absolute atomic E-state index is 9.76. The van der Waals surface area contributed by atoms with Crippen LogP contribution in [0, 0.1) is 0 Å². The van der Waals surface area contributed by atoms with Crippen LogP contribution in [0.2, 0.25) is 0 Å². The first-order chi connectivity index (χ1) is 13.5. The van der Waals surface area contributed by atoms with E-state index in [0.29, 0.717) is 18.7 Å². The number of carbonyl (C=O) groups is 2. The third kappa shape index (κ3) is 18.2. The van der Waals surface area contributed by atoms with Gasteiger partial charge in [0.2, 0.25) is 0 Å². The molecule has 0 bridgehead atoms. The highest BCUT2D eigenvalue weighted by molar-refractivity contribution is 5.95. The van der Waals surface area contributed by atoms with Gasteiger partial charge in [-0.05, 0) is 51.5 Å². The highest BCUT2D eigenvalue weighted by atomic mass is 16.6. The average molecular weight is 404 g/mol. The number of aliphatic hydroxyl groups excluding tert-OH is 1. The molecule has 0 aromatic heterocycles. The molecule has 29 heavy (non-hydrogen) atoms. The Morgan fingerprint density at radius 1 is 1.14 bits per heavy atom. The van der Waals surface area contributed by atoms with Gasteiger partial charge in [0.25, 0.3) is 0 Å². The molecular formula is C21H28N2O6-2. The zero-order valence-electron chi connectivity index (χ0n) is 17.1. The molecule has 0 saturated heterocycles. The van der Waals surface area contributed by atoms with Crippen molar-refractivity contribution in [1.82, 2.24) is 5.32 Å². The number of aliphatic carboxylic acids is 2. The maximum Gasteiger partial charge on any atom is 0.144 e. The Kier molecular flexibility index (Phi) is 12.6. The third-order valence-electron chi connectivity index (χ3n) is 3.02. The van der Waals surface area contributed by atoms with Gasteiger partial charge in [0.05, 0.1) is 17.7 Å². The second-order valence-corrected chi connectivity index (χ2v) is 7.03. The first-order valence-electron chi connectivity index (χ1n) is 8.92. The minimum Gasteiger partial charge on any atom is -0.545 e. The van der Waals surface area contributed by atoms with E-state index in [1.165, 1.54) is 0 Å². The van der Waals surface area contributed by atoms with Crippen molar-refractivity contribution < 1.29 is 29.7 Å². The number of nitrogens with one attached hydrogen (secondary N) is 1. The van der Waals surface area contributed by atoms with E-state index in [2.05, 4.69) is 31.2 Å². The normalized spacial score (nSPS) is 13.1. The van der Waals surface area contributed by atoms with E-state index >= 15 is 0 Å². The zero-order valence-corrected chi connectivity index (χ0v) is 17.1. The van der Waals surface area contributed by atoms with Crippen molar-refractivity contribution in [2.45, 2.75) is 39.3 Å². The first-order valence-corrected chi connectivity index (χ1v) is 8.92. The Balaban J connectivity index is 0.000000828. The number of carboxylic acids is 2. The number of β-amino-alcohol motifs (C(OH)–C–C–N with tert-alkyl or cyclic N) is 1. The number of carboxylic acid groups (broad SMARTS) is 2. The Bertz CT molecular complexity index is 690. The number of carbonyl (C=O) groups excluding carboxylic acids is 2. The summed E-state index contributed by atoms with van der Waals surface area (Å²) in [5.41, 5.74) is 1.86. The number of benzene rings is 1. The number of nitrogens with zero attached hydrogens (tertiary/aromatic N) is 1. The van der Waals surface area contributed by atoms with Crippen LogP contribution in [-0.2, 0) is 14.4 Å². The molecule has 1 unspecified atom stereocenters. The van der Waals surface area contributed by atoms with Crippen molar-refractivity contribution in [3.05, 3.63) is 54.1 Å². The standard InChI is InChI=1S/C17H26N2O2.C4H4O4/c1-14(10-11-15-8-6-5-7-9-15)19-21-13-16(20)12-18-17(2,3)4;5-3(6)1-2-4(7)8/h5-11,16,18,20H,12-13H2,1-4H3;1-2H,(H,5,6)(H,7,8)/p-2/b11-10+,19-14+;2-1-. The second kappa shape index (κ2) is 14.1. The number of rotatable bonds is 9. The van der Waals surface area contributed by atoms with Gasteiger partial charge >= 0.3 is 0 Å². The molecule has 0 amide bonds. The van der Waals surface area contributed by atoms with Crippen LogP contribution >= 0.6 is 0 Å². The van der Waals surface area contributed by atoms with Crippen molar-refractivity contribution in [2.24, 2.45) is 5.16 Å². The first kappa shape index (κ1) is 26.0. The van der Waals surface area contributed by atoms with Crippen LogP contribution in [0.4, 0.5) is 0 Å². The summed E-state index contributed by atoms with van der Waals surface area (Å²) in [6, 6.07) is 10.00. The second-order valence-electron chi connectivity index (χ2n) is 7.03. The fraction of sp³-hybridized carbons (Fsp3) is 0.381. The lowest BCUT2D eigenvalue weighted by molar-refractivity contribution is -0.301. The van der Waals surface area contributed by atoms with E-state index in [1.807, 2.05) is 49.4 Å². The fourth-order valence-corrected chi connectivity index (χ4v) is 1.66. The SMILES string of the molecule is CC(/C=C/c1ccccc1)=N\OCC(O)CNC(C)(C)C.O=C([O-])/C=C\C(=O)[O-]. The van der Waals surface area contributed by atoms with Crippen LogP contribution in [0.15, 0.2) is 53.7 Å². The molecule has 8 heteroatoms. The van der Waals surface area contributed by atoms with Crippen molar-refractivity contribution in [1.29, 1.82) is 0 Å². The van der Waals surface area contributed by atoms with Crippen LogP contribution in [0.1, 0.15) is 33.3 Å². The van der Waals surface area contributed by atoms with Crippen LogP contribution in [0.5, 0.6) is 0 Å². The molecule has 0 radical (unpaired) electrons. The predicted molar refractivity (Wildman–Crippen MR) is 107 cm³/mol. The summed E-state index contributed by atoms with van der Waals surface area (Å²) < 4.78 is 0. The van der Waals surface area contributed by atoms with Crippen LogP contribution in [0.3, 0.4) is 0 Å². The summed E-state index contributed by atoms with van der Waals surface area (Å²) in [6.07, 6.45) is 4.05. The summed E-state index contributed by atoms with van der Waals surface area (Å²) in [4.78, 5) is 24.0. The molecule has 0 fully saturated rings. The summed E-state index contributed by atoms with van der Waals surface area (Å²) in [7, 11) is 0. The molecule has 0 aliphatic heterocycles. The summed E-state index contributed by atoms with van der Waals surface area (Å²) in [6.45, 7) is 8.68. The van der Waals surface area contributed by atoms with E-state index in [0.717, 1.165) is 11.3 Å². The molecule has 1 rings (SSSR count). The number of hydrogen-bond acceptors (Lipinski definition) is 8. The van der Waals surface area contributed by atoms with Gasteiger partial charge < -0.3 is 35.1 Å². The maximum atomic E-state index is 9.76. The van der Waals surface area contributed by atoms with Crippen LogP contribution in [-0.4, -0.2) is 47.6 Å². The molecule has 0 heterocycles. The van der Waals surface area contributed by atoms with E-state index < -0.39 is 18.0 Å². The van der Waals surface area contributed by atoms with Crippen LogP contribution in [0.25, 0.3) is 6.08 Å². The lowest BCUT2D eigenvalue weighted by atomic mass is 10.1. The van der Waals surface area contributed by atoms with Gasteiger partial charge in [-0.15, -0.1) is 0 Å². The molecule has 0 aliphatic carbocycles. The molecule has 160 valence electrons. The Morgan fingerprint density at radius 3 is 2.17 bits per heavy atom. The van der Waals surface area contributed by atoms with Crippen molar-refractivity contribution in [3.8, 4) is 0 Å². The van der Waals surface area contributed by atoms with Gasteiger partial charge in [-0.2, -0.15) is 0 Å². The molecule has 0 spiro atoms. The quantitative estimate of drug-likeness (QED) is 0.333. The van der Waals surface area contributed by atoms with Gasteiger partial charge in [-0.1, -0.05) is 41.6 Å². The summed E-state index contributed by atoms with van der Waals surface area (Å²) in [5, 5.41) is 35.8. The van der Waals surface area contributed by atoms with Crippen molar-refractivity contribution >= 4 is 23.7 Å². The third-order valence-corrected chi connectivity index (χ3v) is 3.02. The van der Waals surface area contributed by atoms with Gasteiger partial charge in [0, 0.05) is 12.1 Å². The smallest absolute Gasteiger partial charge is 0.144 e. The molecule has 0 aliphatic rings. The van der Waals surface area contributed by atoms with Gasteiger partial charge in [-0.25, -0.2) is 0 Å².